The summed E-state index contributed by atoms with van der Waals surface area (Å²) in [5.41, 5.74) is 3.77. The van der Waals surface area contributed by atoms with Crippen molar-refractivity contribution in [2.45, 2.75) is 38.6 Å². The van der Waals surface area contributed by atoms with Crippen LogP contribution in [0.5, 0.6) is 0 Å². The maximum atomic E-state index is 12.4. The maximum absolute atomic E-state index is 12.4. The first-order chi connectivity index (χ1) is 12.3. The van der Waals surface area contributed by atoms with Gasteiger partial charge in [0.1, 0.15) is 24.2 Å². The molecule has 8 nitrogen and oxygen atoms in total. The summed E-state index contributed by atoms with van der Waals surface area (Å²) in [5, 5.41) is 17.9. The molecule has 0 bridgehead atoms. The van der Waals surface area contributed by atoms with Gasteiger partial charge in [0.05, 0.1) is 12.2 Å². The van der Waals surface area contributed by atoms with E-state index in [1.165, 1.54) is 30.5 Å². The standard InChI is InChI=1S/C17H19N7O/c25-17(14-7-4-8-16(21-14)24-10-19-20-11-24)18-9-15-12-5-2-1-3-6-13(12)22-23-15/h4,7-8,10-11H,1-3,5-6,9H2,(H,18,25)(H,22,23). The van der Waals surface area contributed by atoms with E-state index in [2.05, 4.69) is 30.7 Å². The Bertz CT molecular complexity index is 869. The van der Waals surface area contributed by atoms with Crippen molar-refractivity contribution in [3.8, 4) is 5.82 Å². The summed E-state index contributed by atoms with van der Waals surface area (Å²) < 4.78 is 1.66. The number of carbonyl (C=O) groups excluding carboxylic acids is 1. The molecule has 3 aromatic rings. The van der Waals surface area contributed by atoms with E-state index < -0.39 is 0 Å². The fourth-order valence-electron chi connectivity index (χ4n) is 3.14. The zero-order valence-electron chi connectivity index (χ0n) is 13.8. The molecule has 2 N–H and O–H groups in total. The van der Waals surface area contributed by atoms with Crippen LogP contribution in [0.3, 0.4) is 0 Å². The predicted molar refractivity (Wildman–Crippen MR) is 90.2 cm³/mol. The second-order valence-corrected chi connectivity index (χ2v) is 6.12. The van der Waals surface area contributed by atoms with Crippen LogP contribution in [0.1, 0.15) is 46.7 Å². The Morgan fingerprint density at radius 1 is 1.16 bits per heavy atom. The number of nitrogens with one attached hydrogen (secondary N) is 2. The number of hydrogen-bond acceptors (Lipinski definition) is 5. The quantitative estimate of drug-likeness (QED) is 0.704. The van der Waals surface area contributed by atoms with Crippen LogP contribution in [-0.4, -0.2) is 35.9 Å². The van der Waals surface area contributed by atoms with Crippen LogP contribution in [0.15, 0.2) is 30.9 Å². The summed E-state index contributed by atoms with van der Waals surface area (Å²) in [6, 6.07) is 5.28. The van der Waals surface area contributed by atoms with Crippen LogP contribution in [0, 0.1) is 0 Å². The molecule has 0 spiro atoms. The van der Waals surface area contributed by atoms with E-state index in [0.29, 0.717) is 18.1 Å². The van der Waals surface area contributed by atoms with Crippen LogP contribution >= 0.6 is 0 Å². The van der Waals surface area contributed by atoms with Crippen LogP contribution in [0.25, 0.3) is 5.82 Å². The largest absolute Gasteiger partial charge is 0.345 e. The number of H-pyrrole nitrogens is 1. The number of rotatable bonds is 4. The minimum absolute atomic E-state index is 0.222. The molecule has 0 fully saturated rings. The van der Waals surface area contributed by atoms with E-state index in [9.17, 15) is 4.79 Å². The number of aryl methyl sites for hydroxylation is 1. The third-order valence-corrected chi connectivity index (χ3v) is 4.46. The molecule has 0 saturated heterocycles. The molecule has 1 aliphatic rings. The SMILES string of the molecule is O=C(NCc1n[nH]c2c1CCCCC2)c1cccc(-n2cnnc2)n1. The lowest BCUT2D eigenvalue weighted by Gasteiger charge is -2.07. The Morgan fingerprint density at radius 2 is 2.00 bits per heavy atom. The molecule has 1 aliphatic carbocycles. The van der Waals surface area contributed by atoms with E-state index >= 15 is 0 Å². The van der Waals surface area contributed by atoms with Crippen LogP contribution in [-0.2, 0) is 19.4 Å². The van der Waals surface area contributed by atoms with E-state index in [1.54, 1.807) is 35.4 Å². The Hall–Kier alpha value is -3.03. The predicted octanol–water partition coefficient (Wildman–Crippen LogP) is 1.58. The maximum Gasteiger partial charge on any atom is 0.270 e. The minimum atomic E-state index is -0.222. The van der Waals surface area contributed by atoms with Crippen LogP contribution in [0.2, 0.25) is 0 Å². The van der Waals surface area contributed by atoms with Gasteiger partial charge >= 0.3 is 0 Å². The topological polar surface area (TPSA) is 101 Å². The number of carbonyl (C=O) groups is 1. The molecular formula is C17H19N7O. The van der Waals surface area contributed by atoms with E-state index in [1.807, 2.05) is 0 Å². The van der Waals surface area contributed by atoms with Gasteiger partial charge in [0, 0.05) is 5.69 Å². The summed E-state index contributed by atoms with van der Waals surface area (Å²) in [4.78, 5) is 16.8. The Kier molecular flexibility index (Phi) is 4.24. The van der Waals surface area contributed by atoms with Gasteiger partial charge in [0.25, 0.3) is 5.91 Å². The fraction of sp³-hybridized carbons (Fsp3) is 0.353. The van der Waals surface area contributed by atoms with Crippen molar-refractivity contribution in [2.24, 2.45) is 0 Å². The van der Waals surface area contributed by atoms with Gasteiger partial charge in [-0.3, -0.25) is 14.5 Å². The highest BCUT2D eigenvalue weighted by molar-refractivity contribution is 5.92. The van der Waals surface area contributed by atoms with Crippen molar-refractivity contribution in [3.05, 3.63) is 53.5 Å². The van der Waals surface area contributed by atoms with Gasteiger partial charge in [-0.25, -0.2) is 4.98 Å². The number of hydrogen-bond donors (Lipinski definition) is 2. The van der Waals surface area contributed by atoms with Crippen molar-refractivity contribution in [1.29, 1.82) is 0 Å². The molecule has 3 heterocycles. The van der Waals surface area contributed by atoms with Crippen LogP contribution < -0.4 is 5.32 Å². The monoisotopic (exact) mass is 337 g/mol. The fourth-order valence-corrected chi connectivity index (χ4v) is 3.14. The summed E-state index contributed by atoms with van der Waals surface area (Å²) in [6.07, 6.45) is 8.77. The smallest absolute Gasteiger partial charge is 0.270 e. The molecule has 25 heavy (non-hydrogen) atoms. The summed E-state index contributed by atoms with van der Waals surface area (Å²) in [7, 11) is 0. The molecule has 0 aromatic carbocycles. The first-order valence-corrected chi connectivity index (χ1v) is 8.46. The summed E-state index contributed by atoms with van der Waals surface area (Å²) >= 11 is 0. The molecule has 0 aliphatic heterocycles. The molecular weight excluding hydrogens is 318 g/mol. The number of amides is 1. The normalized spacial score (nSPS) is 13.9. The van der Waals surface area contributed by atoms with Crippen molar-refractivity contribution in [3.63, 3.8) is 0 Å². The van der Waals surface area contributed by atoms with E-state index in [-0.39, 0.29) is 5.91 Å². The van der Waals surface area contributed by atoms with Gasteiger partial charge < -0.3 is 5.32 Å². The van der Waals surface area contributed by atoms with Gasteiger partial charge in [-0.15, -0.1) is 10.2 Å². The number of aromatic nitrogens is 6. The van der Waals surface area contributed by atoms with Crippen molar-refractivity contribution in [2.75, 3.05) is 0 Å². The second-order valence-electron chi connectivity index (χ2n) is 6.12. The van der Waals surface area contributed by atoms with Crippen LogP contribution in [0.4, 0.5) is 0 Å². The molecule has 4 rings (SSSR count). The van der Waals surface area contributed by atoms with Crippen molar-refractivity contribution in [1.82, 2.24) is 35.3 Å². The Labute approximate surface area is 144 Å². The highest BCUT2D eigenvalue weighted by atomic mass is 16.1. The van der Waals surface area contributed by atoms with Gasteiger partial charge in [-0.1, -0.05) is 12.5 Å². The summed E-state index contributed by atoms with van der Waals surface area (Å²) in [5.74, 6) is 0.381. The lowest BCUT2D eigenvalue weighted by atomic mass is 10.1. The average molecular weight is 337 g/mol. The number of nitrogens with zero attached hydrogens (tertiary/aromatic N) is 5. The molecule has 1 amide bonds. The zero-order chi connectivity index (χ0) is 17.1. The van der Waals surface area contributed by atoms with Gasteiger partial charge in [0.15, 0.2) is 0 Å². The van der Waals surface area contributed by atoms with Crippen molar-refractivity contribution < 1.29 is 4.79 Å². The van der Waals surface area contributed by atoms with E-state index in [0.717, 1.165) is 18.5 Å². The molecule has 8 heteroatoms. The lowest BCUT2D eigenvalue weighted by molar-refractivity contribution is 0.0945. The third kappa shape index (κ3) is 3.28. The highest BCUT2D eigenvalue weighted by Crippen LogP contribution is 2.21. The lowest BCUT2D eigenvalue weighted by Crippen LogP contribution is -2.24. The third-order valence-electron chi connectivity index (χ3n) is 4.46. The molecule has 3 aromatic heterocycles. The van der Waals surface area contributed by atoms with Gasteiger partial charge in [-0.2, -0.15) is 5.10 Å². The molecule has 0 atom stereocenters. The zero-order valence-corrected chi connectivity index (χ0v) is 13.8. The van der Waals surface area contributed by atoms with E-state index in [4.69, 9.17) is 0 Å². The van der Waals surface area contributed by atoms with Gasteiger partial charge in [0.2, 0.25) is 0 Å². The molecule has 0 saturated carbocycles. The van der Waals surface area contributed by atoms with Crippen molar-refractivity contribution >= 4 is 5.91 Å². The average Bonchev–Trinajstić information content (AvgIpc) is 3.25. The molecule has 128 valence electrons. The second kappa shape index (κ2) is 6.84. The number of pyridine rings is 1. The minimum Gasteiger partial charge on any atom is -0.345 e. The number of aromatic amines is 1. The summed E-state index contributed by atoms with van der Waals surface area (Å²) in [6.45, 7) is 0.406. The first-order valence-electron chi connectivity index (χ1n) is 8.46. The molecule has 0 unspecified atom stereocenters. The van der Waals surface area contributed by atoms with Gasteiger partial charge in [-0.05, 0) is 43.4 Å². The molecule has 0 radical (unpaired) electrons. The Morgan fingerprint density at radius 3 is 2.88 bits per heavy atom. The first kappa shape index (κ1) is 15.5. The Balaban J connectivity index is 1.46. The highest BCUT2D eigenvalue weighted by Gasteiger charge is 2.17. The number of fused-ring (bicyclic) bond motifs is 1.